The highest BCUT2D eigenvalue weighted by molar-refractivity contribution is 5.53. The Bertz CT molecular complexity index is 112. The summed E-state index contributed by atoms with van der Waals surface area (Å²) in [6.07, 6.45) is 1.75. The lowest BCUT2D eigenvalue weighted by molar-refractivity contribution is 0.404. The first-order valence-electron chi connectivity index (χ1n) is 3.60. The summed E-state index contributed by atoms with van der Waals surface area (Å²) in [6.45, 7) is 0. The van der Waals surface area contributed by atoms with Crippen LogP contribution in [0.4, 0.5) is 0 Å². The lowest BCUT2D eigenvalue weighted by Gasteiger charge is -1.98. The Morgan fingerprint density at radius 1 is 1.00 bits per heavy atom. The second-order valence-electron chi connectivity index (χ2n) is 2.47. The highest BCUT2D eigenvalue weighted by Gasteiger charge is 1.68. The van der Waals surface area contributed by atoms with Gasteiger partial charge in [-0.05, 0) is 0 Å². The van der Waals surface area contributed by atoms with Gasteiger partial charge in [0.1, 0.15) is 0 Å². The van der Waals surface area contributed by atoms with Crippen LogP contribution in [0.2, 0.25) is 0 Å². The van der Waals surface area contributed by atoms with E-state index < -0.39 is 0 Å². The quantitative estimate of drug-likeness (QED) is 0.268. The Morgan fingerprint density at radius 3 is 1.50 bits per heavy atom. The van der Waals surface area contributed by atoms with Gasteiger partial charge in [-0.15, -0.1) is 0 Å². The van der Waals surface area contributed by atoms with Crippen molar-refractivity contribution in [3.05, 3.63) is 0 Å². The van der Waals surface area contributed by atoms with Gasteiger partial charge in [0.25, 0.3) is 0 Å². The molecule has 0 radical (unpaired) electrons. The van der Waals surface area contributed by atoms with Crippen LogP contribution in [0.15, 0.2) is 15.3 Å². The van der Waals surface area contributed by atoms with Gasteiger partial charge in [-0.25, -0.2) is 0 Å². The molecule has 0 amide bonds. The molecule has 12 heavy (non-hydrogen) atoms. The Morgan fingerprint density at radius 2 is 1.50 bits per heavy atom. The molecule has 0 heterocycles. The minimum absolute atomic E-state index is 1.64. The first-order valence-corrected chi connectivity index (χ1v) is 3.60. The fourth-order valence-electron chi connectivity index (χ4n) is 0.410. The second-order valence-corrected chi connectivity index (χ2v) is 2.47. The second kappa shape index (κ2) is 9.87. The number of hydrogen-bond donors (Lipinski definition) is 0. The van der Waals surface area contributed by atoms with Gasteiger partial charge in [0, 0.05) is 35.2 Å². The van der Waals surface area contributed by atoms with Crippen LogP contribution >= 0.6 is 0 Å². The highest BCUT2D eigenvalue weighted by Crippen LogP contribution is 1.71. The molecule has 5 heteroatoms. The van der Waals surface area contributed by atoms with Crippen molar-refractivity contribution in [1.82, 2.24) is 9.91 Å². The van der Waals surface area contributed by atoms with Crippen LogP contribution in [0.1, 0.15) is 0 Å². The molecule has 0 saturated carbocycles. The van der Waals surface area contributed by atoms with Crippen LogP contribution < -0.4 is 0 Å². The molecule has 0 N–H and O–H groups in total. The van der Waals surface area contributed by atoms with Crippen molar-refractivity contribution in [2.75, 3.05) is 42.3 Å². The van der Waals surface area contributed by atoms with E-state index in [1.165, 1.54) is 0 Å². The molecule has 0 bridgehead atoms. The van der Waals surface area contributed by atoms with Crippen LogP contribution in [0.3, 0.4) is 0 Å². The summed E-state index contributed by atoms with van der Waals surface area (Å²) < 4.78 is 0. The minimum Gasteiger partial charge on any atom is -0.369 e. The van der Waals surface area contributed by atoms with Gasteiger partial charge < -0.3 is 4.90 Å². The lowest BCUT2D eigenvalue weighted by Crippen LogP contribution is -2.06. The van der Waals surface area contributed by atoms with E-state index in [4.69, 9.17) is 0 Å². The minimum atomic E-state index is 1.64. The molecule has 72 valence electrons. The lowest BCUT2D eigenvalue weighted by atomic mass is 10.9. The number of aliphatic imine (C=N–C) groups is 1. The van der Waals surface area contributed by atoms with Crippen molar-refractivity contribution < 1.29 is 0 Å². The predicted molar refractivity (Wildman–Crippen MR) is 52.6 cm³/mol. The summed E-state index contributed by atoms with van der Waals surface area (Å²) in [5.74, 6) is 0. The van der Waals surface area contributed by atoms with E-state index in [1.54, 1.807) is 25.4 Å². The maximum atomic E-state index is 3.74. The predicted octanol–water partition coefficient (Wildman–Crippen LogP) is 0.751. The topological polar surface area (TPSA) is 43.6 Å². The number of nitrogens with zero attached hydrogens (tertiary/aromatic N) is 5. The van der Waals surface area contributed by atoms with Crippen molar-refractivity contribution in [3.63, 3.8) is 0 Å². The molecular formula is C7H19N5. The summed E-state index contributed by atoms with van der Waals surface area (Å²) in [6, 6.07) is 0. The summed E-state index contributed by atoms with van der Waals surface area (Å²) in [5, 5.41) is 8.71. The summed E-state index contributed by atoms with van der Waals surface area (Å²) in [4.78, 5) is 5.62. The number of rotatable bonds is 2. The molecular weight excluding hydrogens is 154 g/mol. The third kappa shape index (κ3) is 23.2. The van der Waals surface area contributed by atoms with E-state index in [2.05, 4.69) is 15.3 Å². The van der Waals surface area contributed by atoms with E-state index >= 15 is 0 Å². The third-order valence-corrected chi connectivity index (χ3v) is 0.615. The van der Waals surface area contributed by atoms with Crippen LogP contribution in [0, 0.1) is 0 Å². The SMILES string of the molecule is CN=CN(C)C.CN=NN(C)C. The Balaban J connectivity index is 0. The molecule has 0 saturated heterocycles. The Hall–Kier alpha value is -1.13. The summed E-state index contributed by atoms with van der Waals surface area (Å²) >= 11 is 0. The molecule has 0 atom stereocenters. The Kier molecular flexibility index (Phi) is 11.1. The first kappa shape index (κ1) is 13.5. The molecule has 0 aliphatic carbocycles. The van der Waals surface area contributed by atoms with Crippen molar-refractivity contribution in [2.24, 2.45) is 15.3 Å². The van der Waals surface area contributed by atoms with Gasteiger partial charge in [0.2, 0.25) is 0 Å². The molecule has 5 nitrogen and oxygen atoms in total. The highest BCUT2D eigenvalue weighted by atomic mass is 15.5. The van der Waals surface area contributed by atoms with Crippen LogP contribution in [0.25, 0.3) is 0 Å². The molecule has 0 spiro atoms. The van der Waals surface area contributed by atoms with Crippen LogP contribution in [-0.4, -0.2) is 58.5 Å². The van der Waals surface area contributed by atoms with Crippen molar-refractivity contribution in [1.29, 1.82) is 0 Å². The van der Waals surface area contributed by atoms with E-state index in [0.717, 1.165) is 0 Å². The Labute approximate surface area is 74.8 Å². The largest absolute Gasteiger partial charge is 0.369 e. The zero-order chi connectivity index (χ0) is 9.98. The van der Waals surface area contributed by atoms with Crippen LogP contribution in [-0.2, 0) is 0 Å². The van der Waals surface area contributed by atoms with E-state index in [0.29, 0.717) is 0 Å². The van der Waals surface area contributed by atoms with E-state index in [9.17, 15) is 0 Å². The maximum Gasteiger partial charge on any atom is 0.0841 e. The third-order valence-electron chi connectivity index (χ3n) is 0.615. The van der Waals surface area contributed by atoms with Gasteiger partial charge in [0.05, 0.1) is 13.4 Å². The van der Waals surface area contributed by atoms with Crippen LogP contribution in [0.5, 0.6) is 0 Å². The van der Waals surface area contributed by atoms with Crippen molar-refractivity contribution in [2.45, 2.75) is 0 Å². The fourth-order valence-corrected chi connectivity index (χ4v) is 0.410. The molecule has 0 rings (SSSR count). The molecule has 0 aliphatic rings. The number of hydrogen-bond acceptors (Lipinski definition) is 3. The molecule has 0 aliphatic heterocycles. The molecule has 0 fully saturated rings. The molecule has 0 aromatic heterocycles. The zero-order valence-corrected chi connectivity index (χ0v) is 8.81. The van der Waals surface area contributed by atoms with Gasteiger partial charge >= 0.3 is 0 Å². The van der Waals surface area contributed by atoms with Gasteiger partial charge in [0.15, 0.2) is 0 Å². The van der Waals surface area contributed by atoms with Gasteiger partial charge in [-0.1, -0.05) is 5.22 Å². The smallest absolute Gasteiger partial charge is 0.0841 e. The van der Waals surface area contributed by atoms with E-state index in [1.807, 2.05) is 33.1 Å². The first-order chi connectivity index (χ1) is 5.54. The molecule has 0 aromatic carbocycles. The van der Waals surface area contributed by atoms with Gasteiger partial charge in [-0.2, -0.15) is 5.11 Å². The maximum absolute atomic E-state index is 3.74. The summed E-state index contributed by atoms with van der Waals surface area (Å²) in [7, 11) is 10.9. The van der Waals surface area contributed by atoms with Crippen molar-refractivity contribution in [3.8, 4) is 0 Å². The standard InChI is InChI=1S/C4H10N2.C3H9N3/c1-5-4-6(2)3;1-4-5-6(2)3/h4H,1-3H3;1-3H3. The van der Waals surface area contributed by atoms with E-state index in [-0.39, 0.29) is 0 Å². The summed E-state index contributed by atoms with van der Waals surface area (Å²) in [5.41, 5.74) is 0. The molecule has 0 unspecified atom stereocenters. The average Bonchev–Trinajstić information content (AvgIpc) is 1.87. The molecule has 0 aromatic rings. The average molecular weight is 173 g/mol. The fraction of sp³-hybridized carbons (Fsp3) is 0.857. The normalized spacial score (nSPS) is 9.83. The monoisotopic (exact) mass is 173 g/mol. The van der Waals surface area contributed by atoms with Gasteiger partial charge in [-0.3, -0.25) is 10.0 Å². The zero-order valence-electron chi connectivity index (χ0n) is 8.81. The van der Waals surface area contributed by atoms with Crippen molar-refractivity contribution >= 4 is 6.34 Å².